The van der Waals surface area contributed by atoms with Crippen molar-refractivity contribution in [2.75, 3.05) is 19.7 Å². The van der Waals surface area contributed by atoms with E-state index in [2.05, 4.69) is 5.32 Å². The summed E-state index contributed by atoms with van der Waals surface area (Å²) in [5, 5.41) is 21.4. The average Bonchev–Trinajstić information content (AvgIpc) is 2.48. The molecule has 0 radical (unpaired) electrons. The van der Waals surface area contributed by atoms with E-state index in [1.807, 2.05) is 0 Å². The largest absolute Gasteiger partial charge is 0.480 e. The summed E-state index contributed by atoms with van der Waals surface area (Å²) in [6, 6.07) is -0.299. The fourth-order valence-corrected chi connectivity index (χ4v) is 3.23. The number of carboxylic acid groups (broad SMARTS) is 1. The van der Waals surface area contributed by atoms with Gasteiger partial charge < -0.3 is 20.4 Å². The minimum absolute atomic E-state index is 0.0772. The number of carbonyl (C=O) groups excluding carboxylic acids is 1. The molecule has 0 spiro atoms. The van der Waals surface area contributed by atoms with Crippen LogP contribution in [0.3, 0.4) is 0 Å². The van der Waals surface area contributed by atoms with Crippen LogP contribution in [0.1, 0.15) is 44.9 Å². The zero-order valence-electron chi connectivity index (χ0n) is 11.8. The van der Waals surface area contributed by atoms with Crippen LogP contribution in [0.25, 0.3) is 0 Å². The summed E-state index contributed by atoms with van der Waals surface area (Å²) >= 11 is 0. The second kappa shape index (κ2) is 6.43. The molecule has 3 N–H and O–H groups in total. The van der Waals surface area contributed by atoms with Crippen molar-refractivity contribution < 1.29 is 19.8 Å². The number of nitrogens with zero attached hydrogens (tertiary/aromatic N) is 1. The van der Waals surface area contributed by atoms with Crippen LogP contribution in [0.2, 0.25) is 0 Å². The number of aliphatic hydroxyl groups is 1. The molecule has 20 heavy (non-hydrogen) atoms. The Morgan fingerprint density at radius 3 is 2.50 bits per heavy atom. The summed E-state index contributed by atoms with van der Waals surface area (Å²) < 4.78 is 0. The molecular weight excluding hydrogens is 260 g/mol. The van der Waals surface area contributed by atoms with Crippen molar-refractivity contribution in [2.45, 2.75) is 50.5 Å². The summed E-state index contributed by atoms with van der Waals surface area (Å²) in [5.74, 6) is -0.817. The third-order valence-corrected chi connectivity index (χ3v) is 4.53. The van der Waals surface area contributed by atoms with Crippen LogP contribution in [-0.2, 0) is 4.79 Å². The Kier molecular flexibility index (Phi) is 4.86. The first-order valence-electron chi connectivity index (χ1n) is 7.49. The molecule has 2 fully saturated rings. The molecule has 1 saturated carbocycles. The average molecular weight is 284 g/mol. The van der Waals surface area contributed by atoms with Crippen LogP contribution in [0, 0.1) is 5.92 Å². The molecule has 2 rings (SSSR count). The van der Waals surface area contributed by atoms with Crippen molar-refractivity contribution >= 4 is 12.0 Å². The Hall–Kier alpha value is -1.30. The van der Waals surface area contributed by atoms with Crippen LogP contribution < -0.4 is 5.32 Å². The Morgan fingerprint density at radius 2 is 1.90 bits per heavy atom. The van der Waals surface area contributed by atoms with Crippen molar-refractivity contribution in [1.82, 2.24) is 10.2 Å². The Bertz CT molecular complexity index is 366. The first-order valence-corrected chi connectivity index (χ1v) is 7.49. The normalized spacial score (nSPS) is 26.1. The van der Waals surface area contributed by atoms with E-state index < -0.39 is 11.5 Å². The van der Waals surface area contributed by atoms with Gasteiger partial charge in [0.25, 0.3) is 0 Å². The summed E-state index contributed by atoms with van der Waals surface area (Å²) in [6.07, 6.45) is 5.50. The lowest BCUT2D eigenvalue weighted by molar-refractivity contribution is -0.146. The lowest BCUT2D eigenvalue weighted by Gasteiger charge is -2.38. The molecule has 1 aliphatic heterocycles. The van der Waals surface area contributed by atoms with Crippen molar-refractivity contribution in [3.05, 3.63) is 0 Å². The van der Waals surface area contributed by atoms with Gasteiger partial charge in [0.15, 0.2) is 0 Å². The number of hydrogen-bond donors (Lipinski definition) is 3. The lowest BCUT2D eigenvalue weighted by atomic mass is 9.82. The predicted octanol–water partition coefficient (Wildman–Crippen LogP) is 1.19. The third kappa shape index (κ3) is 3.23. The standard InChI is InChI=1S/C14H24N2O4/c17-10-11-5-4-8-16(9-11)13(20)15-14(12(18)19)6-2-1-3-7-14/h11,17H,1-10H2,(H,15,20)(H,18,19). The first kappa shape index (κ1) is 15.1. The highest BCUT2D eigenvalue weighted by molar-refractivity contribution is 5.86. The number of carboxylic acids is 1. The number of nitrogens with one attached hydrogen (secondary N) is 1. The van der Waals surface area contributed by atoms with Crippen molar-refractivity contribution in [2.24, 2.45) is 5.92 Å². The molecule has 2 aliphatic rings. The van der Waals surface area contributed by atoms with E-state index in [-0.39, 0.29) is 18.6 Å². The number of amides is 2. The highest BCUT2D eigenvalue weighted by atomic mass is 16.4. The Morgan fingerprint density at radius 1 is 1.20 bits per heavy atom. The molecule has 0 aromatic heterocycles. The van der Waals surface area contributed by atoms with E-state index in [0.717, 1.165) is 32.1 Å². The van der Waals surface area contributed by atoms with E-state index >= 15 is 0 Å². The number of piperidine rings is 1. The van der Waals surface area contributed by atoms with Gasteiger partial charge in [0, 0.05) is 19.7 Å². The highest BCUT2D eigenvalue weighted by Crippen LogP contribution is 2.29. The molecule has 0 bridgehead atoms. The fraction of sp³-hybridized carbons (Fsp3) is 0.857. The van der Waals surface area contributed by atoms with E-state index in [9.17, 15) is 19.8 Å². The number of aliphatic carboxylic acids is 1. The minimum Gasteiger partial charge on any atom is -0.480 e. The molecular formula is C14H24N2O4. The van der Waals surface area contributed by atoms with Crippen LogP contribution >= 0.6 is 0 Å². The van der Waals surface area contributed by atoms with Crippen LogP contribution in [0.15, 0.2) is 0 Å². The summed E-state index contributed by atoms with van der Waals surface area (Å²) in [7, 11) is 0. The molecule has 6 nitrogen and oxygen atoms in total. The Balaban J connectivity index is 1.99. The maximum atomic E-state index is 12.3. The predicted molar refractivity (Wildman–Crippen MR) is 73.4 cm³/mol. The van der Waals surface area contributed by atoms with Crippen molar-refractivity contribution in [3.63, 3.8) is 0 Å². The fourth-order valence-electron chi connectivity index (χ4n) is 3.23. The van der Waals surface area contributed by atoms with Crippen LogP contribution in [-0.4, -0.2) is 52.3 Å². The number of urea groups is 1. The quantitative estimate of drug-likeness (QED) is 0.726. The monoisotopic (exact) mass is 284 g/mol. The van der Waals surface area contributed by atoms with Crippen molar-refractivity contribution in [3.8, 4) is 0 Å². The maximum Gasteiger partial charge on any atom is 0.329 e. The maximum absolute atomic E-state index is 12.3. The number of aliphatic hydroxyl groups excluding tert-OH is 1. The number of rotatable bonds is 3. The van der Waals surface area contributed by atoms with E-state index in [1.54, 1.807) is 4.90 Å². The van der Waals surface area contributed by atoms with Gasteiger partial charge in [-0.1, -0.05) is 19.3 Å². The van der Waals surface area contributed by atoms with Gasteiger partial charge in [0.05, 0.1) is 0 Å². The zero-order chi connectivity index (χ0) is 14.6. The van der Waals surface area contributed by atoms with Gasteiger partial charge in [-0.2, -0.15) is 0 Å². The molecule has 1 aliphatic carbocycles. The molecule has 6 heteroatoms. The zero-order valence-corrected chi connectivity index (χ0v) is 11.8. The molecule has 0 aromatic carbocycles. The lowest BCUT2D eigenvalue weighted by Crippen LogP contribution is -2.59. The number of carbonyl (C=O) groups is 2. The highest BCUT2D eigenvalue weighted by Gasteiger charge is 2.42. The summed E-state index contributed by atoms with van der Waals surface area (Å²) in [5.41, 5.74) is -1.10. The molecule has 114 valence electrons. The first-order chi connectivity index (χ1) is 9.57. The van der Waals surface area contributed by atoms with E-state index in [1.165, 1.54) is 0 Å². The van der Waals surface area contributed by atoms with Gasteiger partial charge in [-0.15, -0.1) is 0 Å². The van der Waals surface area contributed by atoms with Crippen molar-refractivity contribution in [1.29, 1.82) is 0 Å². The Labute approximate surface area is 119 Å². The van der Waals surface area contributed by atoms with Gasteiger partial charge in [-0.3, -0.25) is 0 Å². The molecule has 1 saturated heterocycles. The van der Waals surface area contributed by atoms with Gasteiger partial charge in [-0.25, -0.2) is 9.59 Å². The topological polar surface area (TPSA) is 89.9 Å². The van der Waals surface area contributed by atoms with Gasteiger partial charge in [-0.05, 0) is 31.6 Å². The SMILES string of the molecule is O=C(NC1(C(=O)O)CCCCC1)N1CCCC(CO)C1. The second-order valence-electron chi connectivity index (χ2n) is 6.01. The van der Waals surface area contributed by atoms with Gasteiger partial charge in [0.1, 0.15) is 5.54 Å². The van der Waals surface area contributed by atoms with E-state index in [0.29, 0.717) is 25.9 Å². The number of likely N-dealkylation sites (tertiary alicyclic amines) is 1. The molecule has 0 aromatic rings. The van der Waals surface area contributed by atoms with E-state index in [4.69, 9.17) is 0 Å². The van der Waals surface area contributed by atoms with Gasteiger partial charge >= 0.3 is 12.0 Å². The summed E-state index contributed by atoms with van der Waals surface area (Å²) in [4.78, 5) is 25.5. The second-order valence-corrected chi connectivity index (χ2v) is 6.01. The molecule has 1 atom stereocenters. The molecule has 1 unspecified atom stereocenters. The molecule has 1 heterocycles. The van der Waals surface area contributed by atoms with Crippen LogP contribution in [0.4, 0.5) is 4.79 Å². The minimum atomic E-state index is -1.10. The summed E-state index contributed by atoms with van der Waals surface area (Å²) in [6.45, 7) is 1.23. The third-order valence-electron chi connectivity index (χ3n) is 4.53. The van der Waals surface area contributed by atoms with Crippen LogP contribution in [0.5, 0.6) is 0 Å². The smallest absolute Gasteiger partial charge is 0.329 e. The molecule has 2 amide bonds. The van der Waals surface area contributed by atoms with Gasteiger partial charge in [0.2, 0.25) is 0 Å². The number of hydrogen-bond acceptors (Lipinski definition) is 3.